The molecule has 1 aliphatic rings. The molecule has 1 aromatic carbocycles. The van der Waals surface area contributed by atoms with Crippen LogP contribution in [0.4, 0.5) is 0 Å². The minimum absolute atomic E-state index is 0.352. The number of methoxy groups -OCH3 is 1. The number of benzene rings is 1. The van der Waals surface area contributed by atoms with Crippen molar-refractivity contribution in [1.82, 2.24) is 0 Å². The molecule has 1 N–H and O–H groups in total. The zero-order chi connectivity index (χ0) is 17.0. The number of hydrogen-bond donors (Lipinski definition) is 1. The molecule has 0 aromatic heterocycles. The molecule has 0 saturated carbocycles. The van der Waals surface area contributed by atoms with Gasteiger partial charge in [-0.25, -0.2) is 4.79 Å². The van der Waals surface area contributed by atoms with Crippen LogP contribution in [0.1, 0.15) is 24.2 Å². The van der Waals surface area contributed by atoms with Crippen LogP contribution < -0.4 is 0 Å². The highest BCUT2D eigenvalue weighted by Crippen LogP contribution is 2.27. The third-order valence-corrected chi connectivity index (χ3v) is 3.54. The molecule has 5 atom stereocenters. The van der Waals surface area contributed by atoms with E-state index in [-0.39, 0.29) is 0 Å². The molecule has 1 aromatic rings. The van der Waals surface area contributed by atoms with Gasteiger partial charge in [-0.05, 0) is 19.1 Å². The van der Waals surface area contributed by atoms with E-state index in [1.165, 1.54) is 14.0 Å². The lowest BCUT2D eigenvalue weighted by atomic mass is 9.99. The molecule has 1 saturated heterocycles. The van der Waals surface area contributed by atoms with Gasteiger partial charge in [0.05, 0.1) is 11.7 Å². The largest absolute Gasteiger partial charge is 0.454 e. The van der Waals surface area contributed by atoms with Gasteiger partial charge < -0.3 is 24.1 Å². The monoisotopic (exact) mass is 324 g/mol. The van der Waals surface area contributed by atoms with Gasteiger partial charge in [-0.1, -0.05) is 18.2 Å². The van der Waals surface area contributed by atoms with Crippen molar-refractivity contribution in [3.05, 3.63) is 35.9 Å². The second-order valence-corrected chi connectivity index (χ2v) is 5.25. The smallest absolute Gasteiger partial charge is 0.338 e. The Morgan fingerprint density at radius 2 is 1.78 bits per heavy atom. The van der Waals surface area contributed by atoms with E-state index in [0.29, 0.717) is 5.56 Å². The Morgan fingerprint density at radius 3 is 2.35 bits per heavy atom. The topological polar surface area (TPSA) is 91.3 Å². The van der Waals surface area contributed by atoms with E-state index < -0.39 is 42.6 Å². The molecule has 1 aliphatic heterocycles. The lowest BCUT2D eigenvalue weighted by Crippen LogP contribution is -2.59. The van der Waals surface area contributed by atoms with Crippen molar-refractivity contribution < 1.29 is 33.6 Å². The summed E-state index contributed by atoms with van der Waals surface area (Å²) in [5, 5.41) is 10.4. The van der Waals surface area contributed by atoms with Gasteiger partial charge in [0.25, 0.3) is 0 Å². The van der Waals surface area contributed by atoms with E-state index in [0.717, 1.165) is 0 Å². The molecule has 1 fully saturated rings. The molecule has 0 aliphatic carbocycles. The Bertz CT molecular complexity index is 545. The first-order valence-electron chi connectivity index (χ1n) is 7.23. The third-order valence-electron chi connectivity index (χ3n) is 3.54. The fraction of sp³-hybridized carbons (Fsp3) is 0.500. The number of hydrogen-bond acceptors (Lipinski definition) is 7. The van der Waals surface area contributed by atoms with Gasteiger partial charge in [-0.2, -0.15) is 0 Å². The first-order chi connectivity index (χ1) is 10.9. The van der Waals surface area contributed by atoms with Crippen molar-refractivity contribution in [2.45, 2.75) is 44.6 Å². The number of aliphatic hydroxyl groups is 1. The summed E-state index contributed by atoms with van der Waals surface area (Å²) in [4.78, 5) is 23.4. The summed E-state index contributed by atoms with van der Waals surface area (Å²) >= 11 is 0. The number of ether oxygens (including phenoxy) is 4. The summed E-state index contributed by atoms with van der Waals surface area (Å²) in [6.07, 6.45) is -4.90. The maximum Gasteiger partial charge on any atom is 0.338 e. The van der Waals surface area contributed by atoms with Gasteiger partial charge in [0.15, 0.2) is 18.5 Å². The summed E-state index contributed by atoms with van der Waals surface area (Å²) in [6, 6.07) is 8.39. The Morgan fingerprint density at radius 1 is 1.13 bits per heavy atom. The average Bonchev–Trinajstić information content (AvgIpc) is 2.54. The van der Waals surface area contributed by atoms with Crippen LogP contribution >= 0.6 is 0 Å². The first kappa shape index (κ1) is 17.4. The first-order valence-corrected chi connectivity index (χ1v) is 7.23. The normalized spacial score (nSPS) is 30.5. The minimum atomic E-state index is -1.26. The van der Waals surface area contributed by atoms with Gasteiger partial charge >= 0.3 is 11.9 Å². The number of carbonyl (C=O) groups excluding carboxylic acids is 2. The predicted molar refractivity (Wildman–Crippen MR) is 78.6 cm³/mol. The maximum atomic E-state index is 12.2. The van der Waals surface area contributed by atoms with Crippen molar-refractivity contribution in [2.24, 2.45) is 0 Å². The van der Waals surface area contributed by atoms with Crippen LogP contribution in [-0.4, -0.2) is 54.9 Å². The maximum absolute atomic E-state index is 12.2. The average molecular weight is 324 g/mol. The van der Waals surface area contributed by atoms with E-state index in [2.05, 4.69) is 0 Å². The van der Waals surface area contributed by atoms with Crippen LogP contribution in [0.3, 0.4) is 0 Å². The SMILES string of the molecule is COC1OC(C)C(OC(=O)c2ccccc2)C(O)C1OC(C)=O. The minimum Gasteiger partial charge on any atom is -0.454 e. The Hall–Kier alpha value is -1.96. The van der Waals surface area contributed by atoms with Gasteiger partial charge in [0.1, 0.15) is 6.10 Å². The highest BCUT2D eigenvalue weighted by atomic mass is 16.7. The van der Waals surface area contributed by atoms with Crippen molar-refractivity contribution in [3.63, 3.8) is 0 Å². The molecule has 2 rings (SSSR count). The zero-order valence-corrected chi connectivity index (χ0v) is 13.2. The molecule has 126 valence electrons. The summed E-state index contributed by atoms with van der Waals surface area (Å²) in [7, 11) is 1.37. The van der Waals surface area contributed by atoms with Crippen molar-refractivity contribution in [1.29, 1.82) is 0 Å². The van der Waals surface area contributed by atoms with Crippen LogP contribution in [0.5, 0.6) is 0 Å². The van der Waals surface area contributed by atoms with Crippen molar-refractivity contribution in [3.8, 4) is 0 Å². The summed E-state index contributed by atoms with van der Waals surface area (Å²) in [5.41, 5.74) is 0.352. The van der Waals surface area contributed by atoms with Crippen LogP contribution in [0.15, 0.2) is 30.3 Å². The highest BCUT2D eigenvalue weighted by molar-refractivity contribution is 5.89. The molecule has 7 heteroatoms. The predicted octanol–water partition coefficient (Wildman–Crippen LogP) is 0.896. The van der Waals surface area contributed by atoms with E-state index in [4.69, 9.17) is 18.9 Å². The van der Waals surface area contributed by atoms with E-state index in [9.17, 15) is 14.7 Å². The lowest BCUT2D eigenvalue weighted by molar-refractivity contribution is -0.289. The molecule has 0 amide bonds. The fourth-order valence-electron chi connectivity index (χ4n) is 2.43. The van der Waals surface area contributed by atoms with Crippen molar-refractivity contribution in [2.75, 3.05) is 7.11 Å². The molecule has 7 nitrogen and oxygen atoms in total. The number of carbonyl (C=O) groups is 2. The van der Waals surface area contributed by atoms with Crippen LogP contribution in [-0.2, 0) is 23.7 Å². The Kier molecular flexibility index (Phi) is 5.70. The van der Waals surface area contributed by atoms with E-state index in [1.54, 1.807) is 37.3 Å². The molecule has 5 unspecified atom stereocenters. The summed E-state index contributed by atoms with van der Waals surface area (Å²) in [6.45, 7) is 2.85. The van der Waals surface area contributed by atoms with Gasteiger partial charge in [-0.15, -0.1) is 0 Å². The van der Waals surface area contributed by atoms with Crippen molar-refractivity contribution >= 4 is 11.9 Å². The Labute approximate surface area is 134 Å². The lowest BCUT2D eigenvalue weighted by Gasteiger charge is -2.41. The van der Waals surface area contributed by atoms with Gasteiger partial charge in [0, 0.05) is 14.0 Å². The molecule has 23 heavy (non-hydrogen) atoms. The molecular weight excluding hydrogens is 304 g/mol. The summed E-state index contributed by atoms with van der Waals surface area (Å²) in [5.74, 6) is -1.19. The Balaban J connectivity index is 2.13. The quantitative estimate of drug-likeness (QED) is 0.823. The van der Waals surface area contributed by atoms with Crippen LogP contribution in [0.2, 0.25) is 0 Å². The second kappa shape index (κ2) is 7.54. The standard InChI is InChI=1S/C16H20O7/c1-9-13(23-15(19)11-7-5-4-6-8-11)12(18)14(22-10(2)17)16(20-3)21-9/h4-9,12-14,16,18H,1-3H3. The zero-order valence-electron chi connectivity index (χ0n) is 13.2. The molecular formula is C16H20O7. The fourth-order valence-corrected chi connectivity index (χ4v) is 2.43. The molecule has 0 spiro atoms. The second-order valence-electron chi connectivity index (χ2n) is 5.25. The van der Waals surface area contributed by atoms with Gasteiger partial charge in [0.2, 0.25) is 0 Å². The van der Waals surface area contributed by atoms with Crippen LogP contribution in [0.25, 0.3) is 0 Å². The van der Waals surface area contributed by atoms with Crippen LogP contribution in [0, 0.1) is 0 Å². The van der Waals surface area contributed by atoms with Gasteiger partial charge in [-0.3, -0.25) is 4.79 Å². The molecule has 1 heterocycles. The van der Waals surface area contributed by atoms with E-state index in [1.807, 2.05) is 0 Å². The molecule has 0 bridgehead atoms. The third kappa shape index (κ3) is 4.07. The number of rotatable bonds is 4. The van der Waals surface area contributed by atoms with E-state index >= 15 is 0 Å². The highest BCUT2D eigenvalue weighted by Gasteiger charge is 2.47. The summed E-state index contributed by atoms with van der Waals surface area (Å²) < 4.78 is 21.0. The number of esters is 2. The molecule has 0 radical (unpaired) electrons. The number of aliphatic hydroxyl groups excluding tert-OH is 1.